The fourth-order valence-corrected chi connectivity index (χ4v) is 3.14. The molecular formula is C14H10ClF3N2O3. The molecule has 1 unspecified atom stereocenters. The molecule has 122 valence electrons. The molecule has 0 aliphatic carbocycles. The van der Waals surface area contributed by atoms with Gasteiger partial charge in [-0.2, -0.15) is 13.2 Å². The molecule has 3 amide bonds. The molecule has 0 bridgehead atoms. The molecule has 0 spiro atoms. The SMILES string of the molecule is O=C1CCC(N2Cc3cc(Cl)cc(C(F)(F)F)c3C2=O)C(=O)N1. The lowest BCUT2D eigenvalue weighted by atomic mass is 10.0. The average Bonchev–Trinajstić information content (AvgIpc) is 2.74. The Labute approximate surface area is 133 Å². The Morgan fingerprint density at radius 3 is 2.52 bits per heavy atom. The molecule has 1 saturated heterocycles. The molecule has 1 aromatic carbocycles. The van der Waals surface area contributed by atoms with Crippen LogP contribution in [0.4, 0.5) is 13.2 Å². The van der Waals surface area contributed by atoms with Gasteiger partial charge in [0.15, 0.2) is 0 Å². The number of nitrogens with one attached hydrogen (secondary N) is 1. The third-order valence-electron chi connectivity index (χ3n) is 3.89. The van der Waals surface area contributed by atoms with Crippen LogP contribution in [0.5, 0.6) is 0 Å². The summed E-state index contributed by atoms with van der Waals surface area (Å²) in [7, 11) is 0. The highest BCUT2D eigenvalue weighted by Gasteiger charge is 2.44. The highest BCUT2D eigenvalue weighted by atomic mass is 35.5. The van der Waals surface area contributed by atoms with Crippen molar-refractivity contribution < 1.29 is 27.6 Å². The fraction of sp³-hybridized carbons (Fsp3) is 0.357. The van der Waals surface area contributed by atoms with Crippen LogP contribution in [0.2, 0.25) is 5.02 Å². The van der Waals surface area contributed by atoms with Crippen molar-refractivity contribution >= 4 is 29.3 Å². The van der Waals surface area contributed by atoms with E-state index in [1.807, 2.05) is 0 Å². The topological polar surface area (TPSA) is 66.5 Å². The number of rotatable bonds is 1. The fourth-order valence-electron chi connectivity index (χ4n) is 2.89. The molecular weight excluding hydrogens is 337 g/mol. The van der Waals surface area contributed by atoms with Crippen molar-refractivity contribution in [2.45, 2.75) is 31.6 Å². The summed E-state index contributed by atoms with van der Waals surface area (Å²) < 4.78 is 39.4. The number of carbonyl (C=O) groups is 3. The van der Waals surface area contributed by atoms with Crippen LogP contribution in [0, 0.1) is 0 Å². The lowest BCUT2D eigenvalue weighted by Gasteiger charge is -2.29. The molecule has 1 N–H and O–H groups in total. The van der Waals surface area contributed by atoms with E-state index in [0.717, 1.165) is 4.90 Å². The van der Waals surface area contributed by atoms with Crippen molar-refractivity contribution in [3.63, 3.8) is 0 Å². The van der Waals surface area contributed by atoms with Crippen LogP contribution in [0.15, 0.2) is 12.1 Å². The maximum absolute atomic E-state index is 13.1. The highest BCUT2D eigenvalue weighted by molar-refractivity contribution is 6.31. The number of halogens is 4. The number of fused-ring (bicyclic) bond motifs is 1. The van der Waals surface area contributed by atoms with E-state index < -0.39 is 41.1 Å². The minimum absolute atomic E-state index is 0.0312. The van der Waals surface area contributed by atoms with Crippen LogP contribution < -0.4 is 5.32 Å². The molecule has 5 nitrogen and oxygen atoms in total. The Morgan fingerprint density at radius 2 is 1.91 bits per heavy atom. The number of nitrogens with zero attached hydrogens (tertiary/aromatic N) is 1. The molecule has 2 heterocycles. The third kappa shape index (κ3) is 2.67. The van der Waals surface area contributed by atoms with Gasteiger partial charge in [-0.25, -0.2) is 0 Å². The van der Waals surface area contributed by atoms with Crippen LogP contribution in [-0.4, -0.2) is 28.7 Å². The monoisotopic (exact) mass is 346 g/mol. The summed E-state index contributed by atoms with van der Waals surface area (Å²) in [6.45, 7) is -0.149. The summed E-state index contributed by atoms with van der Waals surface area (Å²) in [5.74, 6) is -2.02. The minimum atomic E-state index is -4.73. The molecule has 23 heavy (non-hydrogen) atoms. The van der Waals surface area contributed by atoms with Gasteiger partial charge in [0.25, 0.3) is 5.91 Å². The predicted octanol–water partition coefficient (Wildman–Crippen LogP) is 2.12. The van der Waals surface area contributed by atoms with E-state index in [1.54, 1.807) is 0 Å². The molecule has 2 aliphatic heterocycles. The van der Waals surface area contributed by atoms with E-state index in [1.165, 1.54) is 6.07 Å². The molecule has 0 radical (unpaired) electrons. The molecule has 3 rings (SSSR count). The van der Waals surface area contributed by atoms with Crippen LogP contribution in [0.1, 0.15) is 34.3 Å². The Hall–Kier alpha value is -2.09. The van der Waals surface area contributed by atoms with Gasteiger partial charge in [-0.05, 0) is 24.1 Å². The Bertz CT molecular complexity index is 733. The maximum atomic E-state index is 13.1. The smallest absolute Gasteiger partial charge is 0.322 e. The lowest BCUT2D eigenvalue weighted by Crippen LogP contribution is -2.52. The number of alkyl halides is 3. The first-order valence-electron chi connectivity index (χ1n) is 6.73. The van der Waals surface area contributed by atoms with Gasteiger partial charge in [0.05, 0.1) is 11.1 Å². The first-order chi connectivity index (χ1) is 10.7. The first kappa shape index (κ1) is 15.8. The maximum Gasteiger partial charge on any atom is 0.417 e. The van der Waals surface area contributed by atoms with Gasteiger partial charge < -0.3 is 4.90 Å². The lowest BCUT2D eigenvalue weighted by molar-refractivity contribution is -0.138. The van der Waals surface area contributed by atoms with E-state index in [0.29, 0.717) is 6.07 Å². The number of hydrogen-bond donors (Lipinski definition) is 1. The first-order valence-corrected chi connectivity index (χ1v) is 7.10. The molecule has 1 aromatic rings. The van der Waals surface area contributed by atoms with Crippen LogP contribution in [0.3, 0.4) is 0 Å². The van der Waals surface area contributed by atoms with Crippen molar-refractivity contribution in [2.24, 2.45) is 0 Å². The zero-order valence-electron chi connectivity index (χ0n) is 11.5. The number of amides is 3. The van der Waals surface area contributed by atoms with Crippen LogP contribution >= 0.6 is 11.6 Å². The quantitative estimate of drug-likeness (QED) is 0.792. The van der Waals surface area contributed by atoms with Crippen molar-refractivity contribution in [2.75, 3.05) is 0 Å². The molecule has 9 heteroatoms. The minimum Gasteiger partial charge on any atom is -0.322 e. The van der Waals surface area contributed by atoms with E-state index in [2.05, 4.69) is 5.32 Å². The third-order valence-corrected chi connectivity index (χ3v) is 4.11. The Morgan fingerprint density at radius 1 is 1.22 bits per heavy atom. The molecule has 0 saturated carbocycles. The highest BCUT2D eigenvalue weighted by Crippen LogP contribution is 2.40. The number of imide groups is 1. The second-order valence-corrected chi connectivity index (χ2v) is 5.82. The zero-order chi connectivity index (χ0) is 16.9. The summed E-state index contributed by atoms with van der Waals surface area (Å²) in [6, 6.07) is 1.02. The second-order valence-electron chi connectivity index (χ2n) is 5.39. The Balaban J connectivity index is 2.00. The number of hydrogen-bond acceptors (Lipinski definition) is 3. The van der Waals surface area contributed by atoms with Crippen LogP contribution in [-0.2, 0) is 22.3 Å². The molecule has 0 aromatic heterocycles. The van der Waals surface area contributed by atoms with Gasteiger partial charge in [0.2, 0.25) is 11.8 Å². The summed E-state index contributed by atoms with van der Waals surface area (Å²) in [6.07, 6.45) is -4.62. The van der Waals surface area contributed by atoms with Crippen molar-refractivity contribution in [3.8, 4) is 0 Å². The summed E-state index contributed by atoms with van der Waals surface area (Å²) in [4.78, 5) is 36.5. The Kier molecular flexibility index (Phi) is 3.59. The van der Waals surface area contributed by atoms with Crippen molar-refractivity contribution in [1.29, 1.82) is 0 Å². The summed E-state index contributed by atoms with van der Waals surface area (Å²) in [5, 5.41) is 1.96. The normalized spacial score (nSPS) is 21.5. The van der Waals surface area contributed by atoms with Gasteiger partial charge in [-0.15, -0.1) is 0 Å². The standard InChI is InChI=1S/C14H10ClF3N2O3/c15-7-3-6-5-20(9-1-2-10(21)19-12(9)22)13(23)11(6)8(4-7)14(16,17)18/h3-4,9H,1-2,5H2,(H,19,21,22). The van der Waals surface area contributed by atoms with Gasteiger partial charge in [-0.1, -0.05) is 11.6 Å². The van der Waals surface area contributed by atoms with Gasteiger partial charge in [-0.3, -0.25) is 19.7 Å². The summed E-state index contributed by atoms with van der Waals surface area (Å²) in [5.41, 5.74) is -1.47. The number of piperidine rings is 1. The van der Waals surface area contributed by atoms with Crippen molar-refractivity contribution in [3.05, 3.63) is 33.8 Å². The predicted molar refractivity (Wildman–Crippen MR) is 72.5 cm³/mol. The van der Waals surface area contributed by atoms with Crippen LogP contribution in [0.25, 0.3) is 0 Å². The number of carbonyl (C=O) groups excluding carboxylic acids is 3. The van der Waals surface area contributed by atoms with Gasteiger partial charge in [0, 0.05) is 18.0 Å². The zero-order valence-corrected chi connectivity index (χ0v) is 12.3. The van der Waals surface area contributed by atoms with Crippen molar-refractivity contribution in [1.82, 2.24) is 10.2 Å². The van der Waals surface area contributed by atoms with Gasteiger partial charge >= 0.3 is 6.18 Å². The largest absolute Gasteiger partial charge is 0.417 e. The van der Waals surface area contributed by atoms with E-state index in [9.17, 15) is 27.6 Å². The van der Waals surface area contributed by atoms with E-state index in [4.69, 9.17) is 11.6 Å². The average molecular weight is 347 g/mol. The second kappa shape index (κ2) is 5.23. The molecule has 2 aliphatic rings. The van der Waals surface area contributed by atoms with E-state index >= 15 is 0 Å². The summed E-state index contributed by atoms with van der Waals surface area (Å²) >= 11 is 5.71. The number of benzene rings is 1. The van der Waals surface area contributed by atoms with E-state index in [-0.39, 0.29) is 30.0 Å². The molecule has 1 fully saturated rings. The van der Waals surface area contributed by atoms with Gasteiger partial charge in [0.1, 0.15) is 6.04 Å². The molecule has 1 atom stereocenters.